The third kappa shape index (κ3) is 4.40. The summed E-state index contributed by atoms with van der Waals surface area (Å²) in [5.74, 6) is -0.345. The molecule has 5 nitrogen and oxygen atoms in total. The molecule has 4 rings (SSSR count). The molecule has 2 aromatic carbocycles. The van der Waals surface area contributed by atoms with E-state index < -0.39 is 14.2 Å². The Morgan fingerprint density at radius 1 is 1.12 bits per heavy atom. The summed E-state index contributed by atoms with van der Waals surface area (Å²) in [5, 5.41) is 12.2. The van der Waals surface area contributed by atoms with E-state index in [0.717, 1.165) is 53.9 Å². The quantitative estimate of drug-likeness (QED) is 0.286. The number of aryl methyl sites for hydroxylation is 1. The summed E-state index contributed by atoms with van der Waals surface area (Å²) < 4.78 is 13.4. The summed E-state index contributed by atoms with van der Waals surface area (Å²) >= 11 is 0. The predicted molar refractivity (Wildman–Crippen MR) is 130 cm³/mol. The van der Waals surface area contributed by atoms with Crippen molar-refractivity contribution in [2.75, 3.05) is 13.7 Å². The SMILES string of the molecule is COC(=O)c1ccc(C(O)c2ccccc2)c2c1c1c(n2COCC[Si](C)(C)C)CCC1. The molecule has 1 atom stereocenters. The zero-order valence-electron chi connectivity index (χ0n) is 19.5. The predicted octanol–water partition coefficient (Wildman–Crippen LogP) is 5.31. The maximum absolute atomic E-state index is 12.6. The molecule has 0 amide bonds. The molecule has 0 spiro atoms. The van der Waals surface area contributed by atoms with E-state index in [9.17, 15) is 9.90 Å². The second kappa shape index (κ2) is 9.22. The molecule has 3 aromatic rings. The zero-order chi connectivity index (χ0) is 22.9. The van der Waals surface area contributed by atoms with Gasteiger partial charge in [-0.25, -0.2) is 4.79 Å². The highest BCUT2D eigenvalue weighted by molar-refractivity contribution is 6.76. The minimum absolute atomic E-state index is 0.345. The fraction of sp³-hybridized carbons (Fsp3) is 0.423. The van der Waals surface area contributed by atoms with Gasteiger partial charge in [-0.05, 0) is 42.5 Å². The average Bonchev–Trinajstić information content (AvgIpc) is 3.37. The Balaban J connectivity index is 1.84. The van der Waals surface area contributed by atoms with Crippen molar-refractivity contribution in [3.05, 3.63) is 70.4 Å². The van der Waals surface area contributed by atoms with Gasteiger partial charge in [0, 0.05) is 31.3 Å². The second-order valence-corrected chi connectivity index (χ2v) is 15.4. The first-order chi connectivity index (χ1) is 15.3. The number of rotatable bonds is 8. The maximum atomic E-state index is 12.6. The molecule has 1 aromatic heterocycles. The summed E-state index contributed by atoms with van der Waals surface area (Å²) in [6.07, 6.45) is 2.13. The fourth-order valence-corrected chi connectivity index (χ4v) is 5.38. The highest BCUT2D eigenvalue weighted by Crippen LogP contribution is 2.40. The molecule has 32 heavy (non-hydrogen) atoms. The molecule has 1 aliphatic rings. The van der Waals surface area contributed by atoms with Gasteiger partial charge in [0.2, 0.25) is 0 Å². The molecule has 1 aliphatic carbocycles. The van der Waals surface area contributed by atoms with Crippen LogP contribution in [0.4, 0.5) is 0 Å². The van der Waals surface area contributed by atoms with E-state index in [0.29, 0.717) is 12.3 Å². The van der Waals surface area contributed by atoms with Crippen molar-refractivity contribution < 1.29 is 19.4 Å². The van der Waals surface area contributed by atoms with Crippen LogP contribution in [0.3, 0.4) is 0 Å². The Morgan fingerprint density at radius 3 is 2.56 bits per heavy atom. The summed E-state index contributed by atoms with van der Waals surface area (Å²) in [6, 6.07) is 14.4. The standard InChI is InChI=1S/C26H33NO4Si/c1-30-26(29)20-13-14-21(25(28)18-9-6-5-7-10-18)24-23(20)19-11-8-12-22(19)27(24)17-31-15-16-32(2,3)4/h5-7,9-10,13-14,25,28H,8,11-12,15-17H2,1-4H3. The van der Waals surface area contributed by atoms with E-state index in [4.69, 9.17) is 9.47 Å². The number of ether oxygens (including phenoxy) is 2. The fourth-order valence-electron chi connectivity index (χ4n) is 4.63. The summed E-state index contributed by atoms with van der Waals surface area (Å²) in [6.45, 7) is 8.18. The van der Waals surface area contributed by atoms with Gasteiger partial charge in [-0.3, -0.25) is 0 Å². The van der Waals surface area contributed by atoms with Gasteiger partial charge in [-0.1, -0.05) is 56.0 Å². The number of carbonyl (C=O) groups is 1. The Kier molecular flexibility index (Phi) is 6.56. The van der Waals surface area contributed by atoms with Crippen molar-refractivity contribution in [2.24, 2.45) is 0 Å². The van der Waals surface area contributed by atoms with Gasteiger partial charge < -0.3 is 19.1 Å². The van der Waals surface area contributed by atoms with E-state index in [1.54, 1.807) is 6.07 Å². The van der Waals surface area contributed by atoms with Crippen molar-refractivity contribution in [3.8, 4) is 0 Å². The Labute approximate surface area is 191 Å². The number of benzene rings is 2. The highest BCUT2D eigenvalue weighted by atomic mass is 28.3. The van der Waals surface area contributed by atoms with Gasteiger partial charge in [0.25, 0.3) is 0 Å². The molecule has 1 unspecified atom stereocenters. The van der Waals surface area contributed by atoms with Crippen LogP contribution in [0.15, 0.2) is 42.5 Å². The first-order valence-corrected chi connectivity index (χ1v) is 15.1. The molecule has 0 radical (unpaired) electrons. The number of esters is 1. The van der Waals surface area contributed by atoms with Crippen molar-refractivity contribution in [3.63, 3.8) is 0 Å². The Bertz CT molecular complexity index is 1110. The lowest BCUT2D eigenvalue weighted by molar-refractivity contribution is 0.0602. The lowest BCUT2D eigenvalue weighted by Gasteiger charge is -2.19. The van der Waals surface area contributed by atoms with E-state index in [2.05, 4.69) is 24.2 Å². The molecule has 0 saturated carbocycles. The van der Waals surface area contributed by atoms with Gasteiger partial charge >= 0.3 is 5.97 Å². The van der Waals surface area contributed by atoms with Crippen molar-refractivity contribution in [1.29, 1.82) is 0 Å². The molecule has 0 bridgehead atoms. The van der Waals surface area contributed by atoms with Crippen LogP contribution < -0.4 is 0 Å². The van der Waals surface area contributed by atoms with Crippen LogP contribution in [0.5, 0.6) is 0 Å². The topological polar surface area (TPSA) is 60.7 Å². The van der Waals surface area contributed by atoms with Crippen LogP contribution in [0.25, 0.3) is 10.9 Å². The monoisotopic (exact) mass is 451 g/mol. The minimum atomic E-state index is -1.19. The largest absolute Gasteiger partial charge is 0.465 e. The number of aromatic nitrogens is 1. The first-order valence-electron chi connectivity index (χ1n) is 11.4. The van der Waals surface area contributed by atoms with Crippen LogP contribution in [0.2, 0.25) is 25.7 Å². The number of hydrogen-bond acceptors (Lipinski definition) is 4. The lowest BCUT2D eigenvalue weighted by Crippen LogP contribution is -2.22. The molecule has 6 heteroatoms. The van der Waals surface area contributed by atoms with E-state index in [-0.39, 0.29) is 5.97 Å². The number of nitrogens with zero attached hydrogens (tertiary/aromatic N) is 1. The minimum Gasteiger partial charge on any atom is -0.465 e. The number of aliphatic hydroxyl groups is 1. The molecule has 0 fully saturated rings. The molecular formula is C26H33NO4Si. The molecule has 1 N–H and O–H groups in total. The van der Waals surface area contributed by atoms with Crippen molar-refractivity contribution >= 4 is 24.9 Å². The summed E-state index contributed by atoms with van der Waals surface area (Å²) in [4.78, 5) is 12.6. The van der Waals surface area contributed by atoms with Gasteiger partial charge in [-0.2, -0.15) is 0 Å². The number of hydrogen-bond donors (Lipinski definition) is 1. The second-order valence-electron chi connectivity index (χ2n) is 9.79. The van der Waals surface area contributed by atoms with Gasteiger partial charge in [0.05, 0.1) is 18.2 Å². The molecule has 170 valence electrons. The van der Waals surface area contributed by atoms with Crippen molar-refractivity contribution in [2.45, 2.75) is 57.8 Å². The summed E-state index contributed by atoms with van der Waals surface area (Å²) in [5.41, 5.74) is 5.48. The number of methoxy groups -OCH3 is 1. The van der Waals surface area contributed by atoms with Crippen LogP contribution >= 0.6 is 0 Å². The Morgan fingerprint density at radius 2 is 1.88 bits per heavy atom. The molecule has 0 aliphatic heterocycles. The first kappa shape index (κ1) is 22.8. The van der Waals surface area contributed by atoms with Crippen LogP contribution in [-0.4, -0.2) is 37.4 Å². The van der Waals surface area contributed by atoms with E-state index in [1.807, 2.05) is 36.4 Å². The number of carbonyl (C=O) groups excluding carboxylic acids is 1. The highest BCUT2D eigenvalue weighted by Gasteiger charge is 2.29. The third-order valence-corrected chi connectivity index (χ3v) is 8.03. The van der Waals surface area contributed by atoms with E-state index >= 15 is 0 Å². The van der Waals surface area contributed by atoms with Crippen LogP contribution in [0.1, 0.15) is 45.3 Å². The average molecular weight is 452 g/mol. The Hall–Kier alpha value is -2.41. The maximum Gasteiger partial charge on any atom is 0.338 e. The van der Waals surface area contributed by atoms with Crippen molar-refractivity contribution in [1.82, 2.24) is 4.57 Å². The number of fused-ring (bicyclic) bond motifs is 3. The zero-order valence-corrected chi connectivity index (χ0v) is 20.5. The third-order valence-electron chi connectivity index (χ3n) is 6.33. The van der Waals surface area contributed by atoms with Gasteiger partial charge in [0.15, 0.2) is 0 Å². The van der Waals surface area contributed by atoms with Crippen LogP contribution in [0, 0.1) is 0 Å². The van der Waals surface area contributed by atoms with Crippen LogP contribution in [-0.2, 0) is 29.0 Å². The smallest absolute Gasteiger partial charge is 0.338 e. The molecule has 1 heterocycles. The molecule has 0 saturated heterocycles. The number of aliphatic hydroxyl groups excluding tert-OH is 1. The van der Waals surface area contributed by atoms with Gasteiger partial charge in [-0.15, -0.1) is 0 Å². The van der Waals surface area contributed by atoms with E-state index in [1.165, 1.54) is 18.4 Å². The lowest BCUT2D eigenvalue weighted by atomic mass is 9.95. The normalized spacial score (nSPS) is 14.5. The summed E-state index contributed by atoms with van der Waals surface area (Å²) in [7, 11) is 0.224. The van der Waals surface area contributed by atoms with Gasteiger partial charge in [0.1, 0.15) is 12.8 Å². The molecular weight excluding hydrogens is 418 g/mol.